The Kier molecular flexibility index (Phi) is 4.68. The SMILES string of the molecule is NC(=O)COC(=O)/C(=C\c1ccccc1)c1cccs1. The summed E-state index contributed by atoms with van der Waals surface area (Å²) in [4.78, 5) is 23.5. The van der Waals surface area contributed by atoms with Gasteiger partial charge in [0.25, 0.3) is 5.91 Å². The molecule has 0 aliphatic heterocycles. The number of thiophene rings is 1. The van der Waals surface area contributed by atoms with Crippen molar-refractivity contribution < 1.29 is 14.3 Å². The van der Waals surface area contributed by atoms with Crippen molar-refractivity contribution in [2.24, 2.45) is 5.73 Å². The summed E-state index contributed by atoms with van der Waals surface area (Å²) in [6.45, 7) is -0.420. The molecule has 2 N–H and O–H groups in total. The van der Waals surface area contributed by atoms with Gasteiger partial charge in [0, 0.05) is 4.88 Å². The Morgan fingerprint density at radius 1 is 1.15 bits per heavy atom. The highest BCUT2D eigenvalue weighted by molar-refractivity contribution is 7.11. The van der Waals surface area contributed by atoms with Crippen LogP contribution < -0.4 is 5.73 Å². The predicted octanol–water partition coefficient (Wildman–Crippen LogP) is 2.32. The van der Waals surface area contributed by atoms with Crippen LogP contribution in [0.5, 0.6) is 0 Å². The van der Waals surface area contributed by atoms with Crippen molar-refractivity contribution in [3.05, 3.63) is 58.3 Å². The lowest BCUT2D eigenvalue weighted by Gasteiger charge is -2.05. The molecule has 2 aromatic rings. The molecule has 0 unspecified atom stereocenters. The first-order chi connectivity index (χ1) is 9.66. The van der Waals surface area contributed by atoms with E-state index in [1.54, 1.807) is 6.08 Å². The van der Waals surface area contributed by atoms with Gasteiger partial charge in [-0.25, -0.2) is 4.79 Å². The van der Waals surface area contributed by atoms with Crippen LogP contribution in [-0.2, 0) is 14.3 Å². The zero-order valence-corrected chi connectivity index (χ0v) is 11.4. The molecule has 1 aromatic carbocycles. The molecule has 0 radical (unpaired) electrons. The van der Waals surface area contributed by atoms with Gasteiger partial charge >= 0.3 is 5.97 Å². The average Bonchev–Trinajstić information content (AvgIpc) is 2.97. The van der Waals surface area contributed by atoms with Crippen LogP contribution >= 0.6 is 11.3 Å². The number of ether oxygens (including phenoxy) is 1. The zero-order valence-electron chi connectivity index (χ0n) is 10.6. The van der Waals surface area contributed by atoms with Gasteiger partial charge < -0.3 is 10.5 Å². The first-order valence-corrected chi connectivity index (χ1v) is 6.81. The lowest BCUT2D eigenvalue weighted by Crippen LogP contribution is -2.21. The summed E-state index contributed by atoms with van der Waals surface area (Å²) in [6.07, 6.45) is 1.73. The van der Waals surface area contributed by atoms with Crippen LogP contribution in [0.4, 0.5) is 0 Å². The van der Waals surface area contributed by atoms with E-state index >= 15 is 0 Å². The molecule has 2 rings (SSSR count). The third-order valence-electron chi connectivity index (χ3n) is 2.46. The van der Waals surface area contributed by atoms with E-state index in [0.29, 0.717) is 5.57 Å². The Morgan fingerprint density at radius 3 is 2.50 bits per heavy atom. The molecule has 5 heteroatoms. The monoisotopic (exact) mass is 287 g/mol. The van der Waals surface area contributed by atoms with E-state index in [1.165, 1.54) is 11.3 Å². The van der Waals surface area contributed by atoms with Gasteiger partial charge in [0.2, 0.25) is 0 Å². The van der Waals surface area contributed by atoms with Crippen molar-refractivity contribution in [2.75, 3.05) is 6.61 Å². The smallest absolute Gasteiger partial charge is 0.340 e. The van der Waals surface area contributed by atoms with Gasteiger partial charge in [0.15, 0.2) is 6.61 Å². The normalized spacial score (nSPS) is 11.1. The molecular weight excluding hydrogens is 274 g/mol. The van der Waals surface area contributed by atoms with Gasteiger partial charge in [0.1, 0.15) is 0 Å². The fourth-order valence-corrected chi connectivity index (χ4v) is 2.32. The van der Waals surface area contributed by atoms with E-state index < -0.39 is 18.5 Å². The van der Waals surface area contributed by atoms with Crippen molar-refractivity contribution in [3.63, 3.8) is 0 Å². The molecule has 0 atom stereocenters. The molecular formula is C15H13NO3S. The number of amides is 1. The summed E-state index contributed by atoms with van der Waals surface area (Å²) in [7, 11) is 0. The second-order valence-electron chi connectivity index (χ2n) is 3.99. The van der Waals surface area contributed by atoms with E-state index in [4.69, 9.17) is 10.5 Å². The van der Waals surface area contributed by atoms with Crippen molar-refractivity contribution in [1.29, 1.82) is 0 Å². The summed E-state index contributed by atoms with van der Waals surface area (Å²) in [5.41, 5.74) is 6.27. The third kappa shape index (κ3) is 3.80. The molecule has 4 nitrogen and oxygen atoms in total. The minimum atomic E-state index is -0.677. The molecule has 0 saturated carbocycles. The second kappa shape index (κ2) is 6.68. The van der Waals surface area contributed by atoms with Gasteiger partial charge in [-0.3, -0.25) is 4.79 Å². The van der Waals surface area contributed by atoms with Crippen LogP contribution in [0.25, 0.3) is 11.6 Å². The fourth-order valence-electron chi connectivity index (χ4n) is 1.59. The highest BCUT2D eigenvalue weighted by Gasteiger charge is 2.15. The summed E-state index contributed by atoms with van der Waals surface area (Å²) in [6, 6.07) is 13.1. The van der Waals surface area contributed by atoms with Crippen LogP contribution in [0.15, 0.2) is 47.8 Å². The summed E-state index contributed by atoms with van der Waals surface area (Å²) in [5, 5.41) is 1.87. The van der Waals surface area contributed by atoms with E-state index in [1.807, 2.05) is 47.8 Å². The standard InChI is InChI=1S/C15H13NO3S/c16-14(17)10-19-15(18)12(13-7-4-8-20-13)9-11-5-2-1-3-6-11/h1-9H,10H2,(H2,16,17)/b12-9-. The van der Waals surface area contributed by atoms with Gasteiger partial charge in [-0.15, -0.1) is 11.3 Å². The van der Waals surface area contributed by atoms with Crippen molar-refractivity contribution in [3.8, 4) is 0 Å². The molecule has 0 bridgehead atoms. The largest absolute Gasteiger partial charge is 0.452 e. The van der Waals surface area contributed by atoms with Crippen molar-refractivity contribution in [2.45, 2.75) is 0 Å². The molecule has 0 saturated heterocycles. The first kappa shape index (κ1) is 14.0. The maximum absolute atomic E-state index is 12.1. The van der Waals surface area contributed by atoms with Crippen LogP contribution in [0.3, 0.4) is 0 Å². The second-order valence-corrected chi connectivity index (χ2v) is 4.94. The fraction of sp³-hybridized carbons (Fsp3) is 0.0667. The van der Waals surface area contributed by atoms with Crippen LogP contribution in [0, 0.1) is 0 Å². The number of carbonyl (C=O) groups is 2. The minimum absolute atomic E-state index is 0.410. The Balaban J connectivity index is 2.29. The summed E-state index contributed by atoms with van der Waals surface area (Å²) < 4.78 is 4.89. The molecule has 1 heterocycles. The molecule has 0 aliphatic rings. The third-order valence-corrected chi connectivity index (χ3v) is 3.37. The molecule has 1 amide bonds. The predicted molar refractivity (Wildman–Crippen MR) is 78.8 cm³/mol. The average molecular weight is 287 g/mol. The number of nitrogens with two attached hydrogens (primary N) is 1. The van der Waals surface area contributed by atoms with E-state index in [0.717, 1.165) is 10.4 Å². The molecule has 0 spiro atoms. The van der Waals surface area contributed by atoms with E-state index in [-0.39, 0.29) is 0 Å². The number of hydrogen-bond acceptors (Lipinski definition) is 4. The topological polar surface area (TPSA) is 69.4 Å². The first-order valence-electron chi connectivity index (χ1n) is 5.93. The maximum atomic E-state index is 12.1. The molecule has 102 valence electrons. The van der Waals surface area contributed by atoms with Gasteiger partial charge in [-0.1, -0.05) is 36.4 Å². The summed E-state index contributed by atoms with van der Waals surface area (Å²) >= 11 is 1.43. The Morgan fingerprint density at radius 2 is 1.90 bits per heavy atom. The Hall–Kier alpha value is -2.40. The Bertz CT molecular complexity index is 618. The highest BCUT2D eigenvalue weighted by Crippen LogP contribution is 2.24. The lowest BCUT2D eigenvalue weighted by molar-refractivity contribution is -0.141. The quantitative estimate of drug-likeness (QED) is 0.677. The van der Waals surface area contributed by atoms with Crippen LogP contribution in [0.1, 0.15) is 10.4 Å². The van der Waals surface area contributed by atoms with Crippen molar-refractivity contribution in [1.82, 2.24) is 0 Å². The number of carbonyl (C=O) groups excluding carboxylic acids is 2. The van der Waals surface area contributed by atoms with Crippen LogP contribution in [-0.4, -0.2) is 18.5 Å². The van der Waals surface area contributed by atoms with E-state index in [9.17, 15) is 9.59 Å². The minimum Gasteiger partial charge on any atom is -0.452 e. The molecule has 0 fully saturated rings. The summed E-state index contributed by atoms with van der Waals surface area (Å²) in [5.74, 6) is -1.24. The number of rotatable bonds is 5. The van der Waals surface area contributed by atoms with E-state index in [2.05, 4.69) is 0 Å². The molecule has 20 heavy (non-hydrogen) atoms. The Labute approximate surface area is 120 Å². The number of esters is 1. The van der Waals surface area contributed by atoms with Crippen LogP contribution in [0.2, 0.25) is 0 Å². The number of benzene rings is 1. The molecule has 0 aliphatic carbocycles. The van der Waals surface area contributed by atoms with Gasteiger partial charge in [0.05, 0.1) is 5.57 Å². The van der Waals surface area contributed by atoms with Gasteiger partial charge in [-0.05, 0) is 23.1 Å². The lowest BCUT2D eigenvalue weighted by atomic mass is 10.1. The van der Waals surface area contributed by atoms with Crippen molar-refractivity contribution >= 4 is 34.9 Å². The number of primary amides is 1. The number of hydrogen-bond donors (Lipinski definition) is 1. The molecule has 1 aromatic heterocycles. The zero-order chi connectivity index (χ0) is 14.4. The highest BCUT2D eigenvalue weighted by atomic mass is 32.1. The van der Waals surface area contributed by atoms with Gasteiger partial charge in [-0.2, -0.15) is 0 Å². The maximum Gasteiger partial charge on any atom is 0.340 e.